The van der Waals surface area contributed by atoms with Crippen LogP contribution >= 0.6 is 0 Å². The molecule has 0 atom stereocenters. The van der Waals surface area contributed by atoms with Gasteiger partial charge < -0.3 is 4.74 Å². The van der Waals surface area contributed by atoms with Crippen molar-refractivity contribution in [3.8, 4) is 5.75 Å². The van der Waals surface area contributed by atoms with E-state index in [0.29, 0.717) is 11.5 Å². The predicted octanol–water partition coefficient (Wildman–Crippen LogP) is 5.53. The van der Waals surface area contributed by atoms with E-state index in [1.165, 1.54) is 12.1 Å². The lowest BCUT2D eigenvalue weighted by Gasteiger charge is -2.12. The zero-order valence-electron chi connectivity index (χ0n) is 17.5. The molecule has 4 aromatic rings. The molecule has 0 heterocycles. The monoisotopic (exact) mass is 442 g/mol. The Labute approximate surface area is 188 Å². The number of nitro groups is 2. The van der Waals surface area contributed by atoms with Gasteiger partial charge in [0.2, 0.25) is 0 Å². The maximum Gasteiger partial charge on any atom is 0.301 e. The predicted molar refractivity (Wildman–Crippen MR) is 126 cm³/mol. The van der Waals surface area contributed by atoms with Crippen LogP contribution < -0.4 is 10.2 Å². The van der Waals surface area contributed by atoms with Gasteiger partial charge in [0.1, 0.15) is 11.4 Å². The van der Waals surface area contributed by atoms with Gasteiger partial charge in [0, 0.05) is 17.2 Å². The number of benzene rings is 4. The highest BCUT2D eigenvalue weighted by molar-refractivity contribution is 6.19. The van der Waals surface area contributed by atoms with Crippen LogP contribution in [0.5, 0.6) is 5.75 Å². The number of non-ortho nitro benzene ring substituents is 1. The minimum Gasteiger partial charge on any atom is -0.497 e. The van der Waals surface area contributed by atoms with Gasteiger partial charge in [0.05, 0.1) is 28.7 Å². The lowest BCUT2D eigenvalue weighted by atomic mass is 9.96. The number of nitro benzene ring substituents is 2. The van der Waals surface area contributed by atoms with Gasteiger partial charge in [-0.25, -0.2) is 0 Å². The largest absolute Gasteiger partial charge is 0.497 e. The van der Waals surface area contributed by atoms with Gasteiger partial charge in [0.25, 0.3) is 5.69 Å². The highest BCUT2D eigenvalue weighted by Gasteiger charge is 2.20. The molecule has 9 nitrogen and oxygen atoms in total. The van der Waals surface area contributed by atoms with Crippen LogP contribution in [0.25, 0.3) is 10.8 Å². The highest BCUT2D eigenvalue weighted by Crippen LogP contribution is 2.30. The molecule has 9 heteroatoms. The third-order valence-electron chi connectivity index (χ3n) is 5.09. The molecule has 0 aliphatic heterocycles. The smallest absolute Gasteiger partial charge is 0.301 e. The van der Waals surface area contributed by atoms with E-state index in [2.05, 4.69) is 10.5 Å². The molecule has 33 heavy (non-hydrogen) atoms. The van der Waals surface area contributed by atoms with E-state index in [1.807, 2.05) is 54.6 Å². The summed E-state index contributed by atoms with van der Waals surface area (Å²) in [5, 5.41) is 29.0. The molecular weight excluding hydrogens is 424 g/mol. The maximum atomic E-state index is 11.5. The number of hydrogen-bond acceptors (Lipinski definition) is 7. The number of hydrogen-bond donors (Lipinski definition) is 1. The molecular formula is C24H18N4O5. The molecule has 0 spiro atoms. The molecule has 0 fully saturated rings. The zero-order chi connectivity index (χ0) is 23.4. The number of methoxy groups -OCH3 is 1. The molecule has 0 amide bonds. The van der Waals surface area contributed by atoms with Crippen molar-refractivity contribution in [2.75, 3.05) is 12.5 Å². The van der Waals surface area contributed by atoms with Crippen molar-refractivity contribution in [1.82, 2.24) is 0 Å². The summed E-state index contributed by atoms with van der Waals surface area (Å²) in [7, 11) is 1.57. The normalized spacial score (nSPS) is 11.2. The summed E-state index contributed by atoms with van der Waals surface area (Å²) in [6, 6.07) is 24.3. The van der Waals surface area contributed by atoms with Crippen LogP contribution in [0.2, 0.25) is 0 Å². The molecule has 0 aliphatic carbocycles. The Kier molecular flexibility index (Phi) is 5.94. The van der Waals surface area contributed by atoms with Crippen LogP contribution in [0.3, 0.4) is 0 Å². The molecule has 1 N–H and O–H groups in total. The topological polar surface area (TPSA) is 120 Å². The van der Waals surface area contributed by atoms with Gasteiger partial charge in [-0.1, -0.05) is 42.5 Å². The van der Waals surface area contributed by atoms with Crippen molar-refractivity contribution in [1.29, 1.82) is 0 Å². The molecule has 0 saturated heterocycles. The van der Waals surface area contributed by atoms with Crippen LogP contribution in [0, 0.1) is 20.2 Å². The summed E-state index contributed by atoms with van der Waals surface area (Å²) < 4.78 is 5.24. The fourth-order valence-electron chi connectivity index (χ4n) is 3.46. The van der Waals surface area contributed by atoms with E-state index in [9.17, 15) is 20.2 Å². The molecule has 0 aliphatic rings. The third-order valence-corrected chi connectivity index (χ3v) is 5.09. The number of hydrazone groups is 1. The van der Waals surface area contributed by atoms with Crippen molar-refractivity contribution in [2.24, 2.45) is 5.10 Å². The van der Waals surface area contributed by atoms with Gasteiger partial charge in [-0.05, 0) is 41.1 Å². The van der Waals surface area contributed by atoms with E-state index >= 15 is 0 Å². The molecule has 0 aromatic heterocycles. The first-order valence-electron chi connectivity index (χ1n) is 9.87. The average molecular weight is 442 g/mol. The van der Waals surface area contributed by atoms with Crippen LogP contribution in [-0.2, 0) is 0 Å². The van der Waals surface area contributed by atoms with Crippen LogP contribution in [0.4, 0.5) is 17.1 Å². The SMILES string of the molecule is COc1ccc(/C(=N/Nc2ccc([N+](=O)[O-])cc2[N+](=O)[O-])c2cccc3ccccc23)cc1. The summed E-state index contributed by atoms with van der Waals surface area (Å²) in [4.78, 5) is 21.2. The van der Waals surface area contributed by atoms with Gasteiger partial charge in [0.15, 0.2) is 0 Å². The number of fused-ring (bicyclic) bond motifs is 1. The van der Waals surface area contributed by atoms with Crippen molar-refractivity contribution in [3.63, 3.8) is 0 Å². The van der Waals surface area contributed by atoms with Gasteiger partial charge in [-0.15, -0.1) is 0 Å². The van der Waals surface area contributed by atoms with E-state index < -0.39 is 15.5 Å². The van der Waals surface area contributed by atoms with Gasteiger partial charge in [-0.3, -0.25) is 25.7 Å². The van der Waals surface area contributed by atoms with Crippen LogP contribution in [-0.4, -0.2) is 22.7 Å². The molecule has 4 aromatic carbocycles. The average Bonchev–Trinajstić information content (AvgIpc) is 2.84. The minimum atomic E-state index is -0.685. The summed E-state index contributed by atoms with van der Waals surface area (Å²) in [6.45, 7) is 0. The minimum absolute atomic E-state index is 0.0387. The first-order valence-corrected chi connectivity index (χ1v) is 9.87. The number of ether oxygens (including phenoxy) is 1. The number of rotatable bonds is 7. The quantitative estimate of drug-likeness (QED) is 0.228. The summed E-state index contributed by atoms with van der Waals surface area (Å²) in [6.07, 6.45) is 0. The molecule has 0 radical (unpaired) electrons. The first-order chi connectivity index (χ1) is 16.0. The Morgan fingerprint density at radius 3 is 2.30 bits per heavy atom. The summed E-state index contributed by atoms with van der Waals surface area (Å²) in [5.41, 5.74) is 4.08. The van der Waals surface area contributed by atoms with Crippen molar-refractivity contribution < 1.29 is 14.6 Å². The molecule has 0 bridgehead atoms. The van der Waals surface area contributed by atoms with Crippen LogP contribution in [0.15, 0.2) is 90.0 Å². The summed E-state index contributed by atoms with van der Waals surface area (Å²) in [5.74, 6) is 0.676. The second kappa shape index (κ2) is 9.15. The molecule has 0 saturated carbocycles. The van der Waals surface area contributed by atoms with Crippen molar-refractivity contribution >= 4 is 33.5 Å². The standard InChI is InChI=1S/C24H18N4O5/c1-33-19-12-9-17(10-13-19)24(21-8-4-6-16-5-2-3-7-20(16)21)26-25-22-14-11-18(27(29)30)15-23(22)28(31)32/h2-15,25H,1H3/b26-24-. The lowest BCUT2D eigenvalue weighted by molar-refractivity contribution is -0.393. The Balaban J connectivity index is 1.85. The van der Waals surface area contributed by atoms with Crippen molar-refractivity contribution in [2.45, 2.75) is 0 Å². The fourth-order valence-corrected chi connectivity index (χ4v) is 3.46. The molecule has 164 valence electrons. The molecule has 0 unspecified atom stereocenters. The fraction of sp³-hybridized carbons (Fsp3) is 0.0417. The van der Waals surface area contributed by atoms with Crippen molar-refractivity contribution in [3.05, 3.63) is 116 Å². The first kappa shape index (κ1) is 21.4. The lowest BCUT2D eigenvalue weighted by Crippen LogP contribution is -2.08. The van der Waals surface area contributed by atoms with Gasteiger partial charge in [-0.2, -0.15) is 5.10 Å². The Bertz CT molecular complexity index is 1380. The number of nitrogens with zero attached hydrogens (tertiary/aromatic N) is 3. The number of anilines is 1. The third kappa shape index (κ3) is 4.47. The maximum absolute atomic E-state index is 11.5. The van der Waals surface area contributed by atoms with Gasteiger partial charge >= 0.3 is 5.69 Å². The second-order valence-electron chi connectivity index (χ2n) is 7.04. The molecule has 4 rings (SSSR count). The van der Waals surface area contributed by atoms with E-state index in [0.717, 1.165) is 28.0 Å². The van der Waals surface area contributed by atoms with Crippen LogP contribution in [0.1, 0.15) is 11.1 Å². The Morgan fingerprint density at radius 1 is 0.879 bits per heavy atom. The van der Waals surface area contributed by atoms with E-state index in [-0.39, 0.29) is 11.4 Å². The second-order valence-corrected chi connectivity index (χ2v) is 7.04. The summed E-state index contributed by atoms with van der Waals surface area (Å²) >= 11 is 0. The Morgan fingerprint density at radius 2 is 1.61 bits per heavy atom. The number of nitrogens with one attached hydrogen (secondary N) is 1. The van der Waals surface area contributed by atoms with E-state index in [4.69, 9.17) is 4.74 Å². The zero-order valence-corrected chi connectivity index (χ0v) is 17.5. The highest BCUT2D eigenvalue weighted by atomic mass is 16.6. The van der Waals surface area contributed by atoms with E-state index in [1.54, 1.807) is 19.2 Å². The Hall–Kier alpha value is -4.79.